The van der Waals surface area contributed by atoms with Gasteiger partial charge in [0.05, 0.1) is 5.56 Å². The maximum Gasteiger partial charge on any atom is 0.345 e. The van der Waals surface area contributed by atoms with E-state index in [1.54, 1.807) is 11.4 Å². The lowest BCUT2D eigenvalue weighted by molar-refractivity contribution is 0.0702. The van der Waals surface area contributed by atoms with E-state index in [1.807, 2.05) is 25.1 Å². The number of carbonyl (C=O) groups is 1. The van der Waals surface area contributed by atoms with E-state index in [4.69, 9.17) is 10.4 Å². The summed E-state index contributed by atoms with van der Waals surface area (Å²) < 4.78 is 0. The first-order valence-electron chi connectivity index (χ1n) is 5.10. The van der Waals surface area contributed by atoms with Gasteiger partial charge in [-0.15, -0.1) is 11.3 Å². The third-order valence-electron chi connectivity index (χ3n) is 2.27. The van der Waals surface area contributed by atoms with Gasteiger partial charge in [-0.05, 0) is 30.7 Å². The van der Waals surface area contributed by atoms with Crippen molar-refractivity contribution in [3.8, 4) is 6.07 Å². The van der Waals surface area contributed by atoms with Gasteiger partial charge >= 0.3 is 5.97 Å². The molecule has 3 nitrogen and oxygen atoms in total. The summed E-state index contributed by atoms with van der Waals surface area (Å²) in [6, 6.07) is 9.43. The van der Waals surface area contributed by atoms with E-state index in [0.717, 1.165) is 15.4 Å². The Balaban J connectivity index is 2.28. The largest absolute Gasteiger partial charge is 0.477 e. The van der Waals surface area contributed by atoms with Crippen LogP contribution in [0.15, 0.2) is 39.4 Å². The van der Waals surface area contributed by atoms with Crippen LogP contribution in [0.1, 0.15) is 20.8 Å². The first kappa shape index (κ1) is 12.7. The topological polar surface area (TPSA) is 61.1 Å². The van der Waals surface area contributed by atoms with Crippen LogP contribution < -0.4 is 0 Å². The second-order valence-corrected chi connectivity index (χ2v) is 5.69. The van der Waals surface area contributed by atoms with E-state index >= 15 is 0 Å². The third-order valence-corrected chi connectivity index (χ3v) is 4.38. The summed E-state index contributed by atoms with van der Waals surface area (Å²) in [4.78, 5) is 12.8. The number of carboxylic acids is 1. The number of hydrogen-bond donors (Lipinski definition) is 1. The fraction of sp³-hybridized carbons (Fsp3) is 0.0769. The van der Waals surface area contributed by atoms with Crippen molar-refractivity contribution in [1.29, 1.82) is 5.26 Å². The zero-order valence-electron chi connectivity index (χ0n) is 9.51. The summed E-state index contributed by atoms with van der Waals surface area (Å²) >= 11 is 2.60. The SMILES string of the molecule is Cc1ccc(Sc2csc(C(=O)O)c2)c(C#N)c1. The maximum atomic E-state index is 10.8. The number of nitrogens with zero attached hydrogens (tertiary/aromatic N) is 1. The highest BCUT2D eigenvalue weighted by Crippen LogP contribution is 2.33. The minimum absolute atomic E-state index is 0.308. The summed E-state index contributed by atoms with van der Waals surface area (Å²) in [5.41, 5.74) is 1.65. The zero-order valence-corrected chi connectivity index (χ0v) is 11.1. The molecule has 18 heavy (non-hydrogen) atoms. The second-order valence-electron chi connectivity index (χ2n) is 3.67. The fourth-order valence-electron chi connectivity index (χ4n) is 1.43. The molecule has 90 valence electrons. The lowest BCUT2D eigenvalue weighted by Crippen LogP contribution is -1.89. The van der Waals surface area contributed by atoms with Gasteiger partial charge in [-0.2, -0.15) is 5.26 Å². The normalized spacial score (nSPS) is 10.0. The van der Waals surface area contributed by atoms with E-state index < -0.39 is 5.97 Å². The number of hydrogen-bond acceptors (Lipinski definition) is 4. The van der Waals surface area contributed by atoms with E-state index in [0.29, 0.717) is 10.4 Å². The molecule has 0 saturated heterocycles. The molecule has 1 N–H and O–H groups in total. The molecule has 0 amide bonds. The van der Waals surface area contributed by atoms with Gasteiger partial charge < -0.3 is 5.11 Å². The molecule has 0 unspecified atom stereocenters. The highest BCUT2D eigenvalue weighted by Gasteiger charge is 2.10. The van der Waals surface area contributed by atoms with Crippen LogP contribution in [0.4, 0.5) is 0 Å². The van der Waals surface area contributed by atoms with Gasteiger partial charge in [-0.3, -0.25) is 0 Å². The molecule has 1 aromatic heterocycles. The molecule has 2 aromatic rings. The van der Waals surface area contributed by atoms with E-state index in [2.05, 4.69) is 6.07 Å². The highest BCUT2D eigenvalue weighted by atomic mass is 32.2. The number of aryl methyl sites for hydroxylation is 1. The molecule has 1 aromatic carbocycles. The standard InChI is InChI=1S/C13H9NO2S2/c1-8-2-3-11(9(4-8)6-14)18-10-5-12(13(15)16)17-7-10/h2-5,7H,1H3,(H,15,16). The molecule has 0 bridgehead atoms. The summed E-state index contributed by atoms with van der Waals surface area (Å²) in [5, 5.41) is 19.7. The molecule has 0 atom stereocenters. The number of rotatable bonds is 3. The average molecular weight is 275 g/mol. The van der Waals surface area contributed by atoms with Gasteiger partial charge in [0.2, 0.25) is 0 Å². The predicted molar refractivity (Wildman–Crippen MR) is 71.3 cm³/mol. The van der Waals surface area contributed by atoms with Gasteiger partial charge in [0.25, 0.3) is 0 Å². The van der Waals surface area contributed by atoms with Crippen molar-refractivity contribution >= 4 is 29.1 Å². The van der Waals surface area contributed by atoms with Crippen LogP contribution in [0, 0.1) is 18.3 Å². The van der Waals surface area contributed by atoms with Gasteiger partial charge in [-0.25, -0.2) is 4.79 Å². The van der Waals surface area contributed by atoms with Crippen LogP contribution in [-0.2, 0) is 0 Å². The van der Waals surface area contributed by atoms with E-state index in [-0.39, 0.29) is 0 Å². The molecule has 0 fully saturated rings. The Morgan fingerprint density at radius 3 is 2.83 bits per heavy atom. The molecule has 0 aliphatic carbocycles. The van der Waals surface area contributed by atoms with Crippen molar-refractivity contribution in [3.63, 3.8) is 0 Å². The molecule has 0 aliphatic heterocycles. The van der Waals surface area contributed by atoms with Gasteiger partial charge in [-0.1, -0.05) is 17.8 Å². The van der Waals surface area contributed by atoms with Crippen LogP contribution in [0.2, 0.25) is 0 Å². The smallest absolute Gasteiger partial charge is 0.345 e. The Labute approximate surface area is 113 Å². The minimum Gasteiger partial charge on any atom is -0.477 e. The van der Waals surface area contributed by atoms with Crippen molar-refractivity contribution in [1.82, 2.24) is 0 Å². The number of thiophene rings is 1. The maximum absolute atomic E-state index is 10.8. The lowest BCUT2D eigenvalue weighted by Gasteiger charge is -2.02. The fourth-order valence-corrected chi connectivity index (χ4v) is 3.23. The Bertz CT molecular complexity index is 641. The molecule has 0 aliphatic rings. The van der Waals surface area contributed by atoms with Crippen LogP contribution >= 0.6 is 23.1 Å². The molecule has 1 heterocycles. The molecular formula is C13H9NO2S2. The Kier molecular flexibility index (Phi) is 3.70. The van der Waals surface area contributed by atoms with Crippen LogP contribution in [0.3, 0.4) is 0 Å². The zero-order chi connectivity index (χ0) is 13.1. The summed E-state index contributed by atoms with van der Waals surface area (Å²) in [7, 11) is 0. The van der Waals surface area contributed by atoms with Gasteiger partial charge in [0.15, 0.2) is 0 Å². The molecule has 0 saturated carbocycles. The third kappa shape index (κ3) is 2.73. The first-order chi connectivity index (χ1) is 8.60. The quantitative estimate of drug-likeness (QED) is 0.926. The van der Waals surface area contributed by atoms with E-state index in [9.17, 15) is 4.79 Å². The summed E-state index contributed by atoms with van der Waals surface area (Å²) in [5.74, 6) is -0.920. The van der Waals surface area contributed by atoms with Crippen LogP contribution in [0.25, 0.3) is 0 Å². The molecule has 0 radical (unpaired) electrons. The van der Waals surface area contributed by atoms with Crippen LogP contribution in [0.5, 0.6) is 0 Å². The summed E-state index contributed by atoms with van der Waals surface area (Å²) in [6.07, 6.45) is 0. The first-order valence-corrected chi connectivity index (χ1v) is 6.80. The van der Waals surface area contributed by atoms with Gasteiger partial charge in [0, 0.05) is 15.2 Å². The predicted octanol–water partition coefficient (Wildman–Crippen LogP) is 3.78. The molecule has 2 rings (SSSR count). The molecular weight excluding hydrogens is 266 g/mol. The Morgan fingerprint density at radius 1 is 1.44 bits per heavy atom. The van der Waals surface area contributed by atoms with Crippen molar-refractivity contribution in [2.24, 2.45) is 0 Å². The monoisotopic (exact) mass is 275 g/mol. The van der Waals surface area contributed by atoms with Gasteiger partial charge in [0.1, 0.15) is 10.9 Å². The number of carboxylic acid groups (broad SMARTS) is 1. The number of aromatic carboxylic acids is 1. The summed E-state index contributed by atoms with van der Waals surface area (Å²) in [6.45, 7) is 1.93. The highest BCUT2D eigenvalue weighted by molar-refractivity contribution is 7.99. The lowest BCUT2D eigenvalue weighted by atomic mass is 10.2. The van der Waals surface area contributed by atoms with Crippen LogP contribution in [-0.4, -0.2) is 11.1 Å². The molecule has 0 spiro atoms. The number of nitriles is 1. The van der Waals surface area contributed by atoms with Crippen molar-refractivity contribution < 1.29 is 9.90 Å². The van der Waals surface area contributed by atoms with E-state index in [1.165, 1.54) is 23.1 Å². The van der Waals surface area contributed by atoms with Crippen molar-refractivity contribution in [2.75, 3.05) is 0 Å². The Hall–Kier alpha value is -1.77. The van der Waals surface area contributed by atoms with Crippen molar-refractivity contribution in [2.45, 2.75) is 16.7 Å². The number of benzene rings is 1. The molecule has 5 heteroatoms. The second kappa shape index (κ2) is 5.25. The minimum atomic E-state index is -0.920. The van der Waals surface area contributed by atoms with Crippen molar-refractivity contribution in [3.05, 3.63) is 45.6 Å². The average Bonchev–Trinajstić information content (AvgIpc) is 2.80. The Morgan fingerprint density at radius 2 is 2.22 bits per heavy atom.